The lowest BCUT2D eigenvalue weighted by atomic mass is 10.0. The zero-order chi connectivity index (χ0) is 106. The SMILES string of the molecule is CC(C)C[C@H](NC(=O)CNC(=O)[C@H](CCCNC(=N)N)NC(=O)[C@H](Cc1cnc[nH]1)NC(=O)[C@H](CCCNC(=N)N)NC(=O)[C@H](Cc1cnc[nH]1)NC(=O)[C@H](C)NC(=O)[C@H](CCCNC(=N)N)NC(=O)[C@@H](N)C(C)C)C(=O)N[C@@H](CCCNC(=N)N)C(=O)N1CCC[C@H]1C(=O)N[C@@H](CCCNC(=N)N)C(=O)N[C@@H](CCCNC(=N)N)C(=O)N[C@@H](CCC(N)=O)C(=O)N[C@@H](CCCCN)C(=O)N[C@@H](C)C(=O)O. The molecular formula is C83H148N40O18. The van der Waals surface area contributed by atoms with Gasteiger partial charge in [-0.2, -0.15) is 0 Å². The van der Waals surface area contributed by atoms with E-state index in [9.17, 15) is 81.8 Å². The van der Waals surface area contributed by atoms with E-state index in [0.29, 0.717) is 12.1 Å². The first kappa shape index (κ1) is 120. The van der Waals surface area contributed by atoms with Crippen molar-refractivity contribution in [2.24, 2.45) is 63.4 Å². The molecule has 1 saturated heterocycles. The van der Waals surface area contributed by atoms with Gasteiger partial charge in [0.1, 0.15) is 84.6 Å². The summed E-state index contributed by atoms with van der Waals surface area (Å²) in [4.78, 5) is 255. The number of likely N-dealkylation sites (tertiary alicyclic amines) is 1. The summed E-state index contributed by atoms with van der Waals surface area (Å²) in [7, 11) is 0. The quantitative estimate of drug-likeness (QED) is 0.0166. The number of aliphatic carboxylic acids is 1. The number of nitrogens with one attached hydrogen (secondary N) is 28. The first-order valence-electron chi connectivity index (χ1n) is 46.5. The van der Waals surface area contributed by atoms with E-state index in [2.05, 4.69) is 126 Å². The lowest BCUT2D eigenvalue weighted by molar-refractivity contribution is -0.142. The molecule has 0 spiro atoms. The predicted octanol–water partition coefficient (Wildman–Crippen LogP) is -11.5. The highest BCUT2D eigenvalue weighted by Gasteiger charge is 2.42. The third-order valence-electron chi connectivity index (χ3n) is 21.9. The summed E-state index contributed by atoms with van der Waals surface area (Å²) in [5.74, 6) is -19.3. The number of H-pyrrole nitrogens is 2. The maximum Gasteiger partial charge on any atom is 0.325 e. The fraction of sp³-hybridized carbons (Fsp3) is 0.651. The number of hydrogen-bond acceptors (Lipinski definition) is 27. The van der Waals surface area contributed by atoms with Gasteiger partial charge in [0.2, 0.25) is 94.5 Å². The third-order valence-corrected chi connectivity index (χ3v) is 21.9. The molecule has 3 heterocycles. The van der Waals surface area contributed by atoms with Crippen LogP contribution in [0.3, 0.4) is 0 Å². The van der Waals surface area contributed by atoms with Crippen LogP contribution in [0.5, 0.6) is 0 Å². The number of aromatic nitrogens is 4. The summed E-state index contributed by atoms with van der Waals surface area (Å²) in [5.41, 5.74) is 51.1. The average molecular weight is 1990 g/mol. The van der Waals surface area contributed by atoms with E-state index in [-0.39, 0.29) is 198 Å². The zero-order valence-corrected chi connectivity index (χ0v) is 80.5. The summed E-state index contributed by atoms with van der Waals surface area (Å²) >= 11 is 0. The van der Waals surface area contributed by atoms with Gasteiger partial charge in [-0.05, 0) is 154 Å². The molecule has 1 fully saturated rings. The van der Waals surface area contributed by atoms with Gasteiger partial charge in [-0.25, -0.2) is 9.97 Å². The second kappa shape index (κ2) is 64.2. The standard InChI is InChI=1S/C83H148N40O18/c1-42(2)34-56(71(134)120-55(22-14-32-106-83(97)98)76(139)123-33-15-23-59(123)74(137)118-53(21-13-31-105-82(95)96)68(131)115-51(19-11-29-103-80(91)92)67(130)117-54(24-25-60(85)124)70(133)114-49(16-7-8-26-84)66(129)111-45(6)77(140)141)112-61(125)39-107-64(127)48(17-9-27-101-78(87)88)113-73(136)58(36-47-38-100-41-109-47)122-69(132)52(20-12-30-104-81(93)94)116-72(135)57(35-46-37-99-40-108-46)121-63(126)44(5)110-65(128)50(18-10-28-102-79(89)90)119-75(138)62(86)43(3)4/h37-38,40-45,48-59,62H,7-36,39,84,86H2,1-6H3,(H2,85,124)(H,99,108)(H,100,109)(H,107,127)(H,110,128)(H,111,129)(H,112,125)(H,113,136)(H,114,133)(H,115,131)(H,116,135)(H,117,130)(H,118,137)(H,119,138)(H,120,134)(H,121,126)(H,122,132)(H,140,141)(H4,87,88,101)(H4,89,90,102)(H4,91,92,103)(H4,93,94,104)(H4,95,96,105)(H4,97,98,106)/t44-,45-,48-,49-,50-,51-,52-,53-,54-,55-,56-,57-,58-,59-,62-/m0/s1. The summed E-state index contributed by atoms with van der Waals surface area (Å²) < 4.78 is 0. The number of carboxylic acid groups (broad SMARTS) is 1. The number of imidazole rings is 2. The highest BCUT2D eigenvalue weighted by Crippen LogP contribution is 2.22. The molecule has 0 aromatic carbocycles. The van der Waals surface area contributed by atoms with E-state index >= 15 is 4.79 Å². The number of amides is 16. The Morgan fingerprint density at radius 2 is 0.716 bits per heavy atom. The third kappa shape index (κ3) is 48.2. The van der Waals surface area contributed by atoms with Crippen molar-refractivity contribution >= 4 is 136 Å². The predicted molar refractivity (Wildman–Crippen MR) is 515 cm³/mol. The Bertz CT molecular complexity index is 4500. The van der Waals surface area contributed by atoms with Crippen LogP contribution in [-0.2, 0) is 94.3 Å². The number of nitrogens with two attached hydrogens (primary N) is 9. The minimum Gasteiger partial charge on any atom is -0.480 e. The minimum atomic E-state index is -1.63. The van der Waals surface area contributed by atoms with Crippen molar-refractivity contribution in [3.63, 3.8) is 0 Å². The van der Waals surface area contributed by atoms with E-state index in [1.54, 1.807) is 27.7 Å². The molecule has 58 nitrogen and oxygen atoms in total. The van der Waals surface area contributed by atoms with Crippen LogP contribution < -0.4 is 158 Å². The van der Waals surface area contributed by atoms with Gasteiger partial charge in [-0.1, -0.05) is 27.7 Å². The Labute approximate surface area is 815 Å². The first-order chi connectivity index (χ1) is 66.6. The highest BCUT2D eigenvalue weighted by molar-refractivity contribution is 6.01. The van der Waals surface area contributed by atoms with Crippen LogP contribution in [0.2, 0.25) is 0 Å². The van der Waals surface area contributed by atoms with Gasteiger partial charge in [0.05, 0.1) is 25.2 Å². The number of primary amides is 1. The first-order valence-corrected chi connectivity index (χ1v) is 46.5. The fourth-order valence-electron chi connectivity index (χ4n) is 14.3. The van der Waals surface area contributed by atoms with Crippen molar-refractivity contribution in [1.82, 2.24) is 131 Å². The molecule has 0 bridgehead atoms. The van der Waals surface area contributed by atoms with Gasteiger partial charge in [0, 0.05) is 88.9 Å². The molecule has 2 aromatic rings. The topological polar surface area (TPSA) is 989 Å². The van der Waals surface area contributed by atoms with Gasteiger partial charge in [-0.15, -0.1) is 0 Å². The van der Waals surface area contributed by atoms with Crippen LogP contribution in [0.4, 0.5) is 0 Å². The number of unbranched alkanes of at least 4 members (excludes halogenated alkanes) is 1. The summed E-state index contributed by atoms with van der Waals surface area (Å²) in [6, 6.07) is -21.7. The monoisotopic (exact) mass is 1990 g/mol. The molecule has 141 heavy (non-hydrogen) atoms. The maximum absolute atomic E-state index is 15.2. The van der Waals surface area contributed by atoms with Crippen molar-refractivity contribution in [3.05, 3.63) is 36.4 Å². The van der Waals surface area contributed by atoms with Crippen LogP contribution in [0.15, 0.2) is 25.0 Å². The molecule has 3 rings (SSSR count). The summed E-state index contributed by atoms with van der Waals surface area (Å²) in [5, 5.41) is 107. The Hall–Kier alpha value is -15.0. The van der Waals surface area contributed by atoms with Crippen molar-refractivity contribution in [1.29, 1.82) is 32.5 Å². The normalized spacial score (nSPS) is 15.0. The number of rotatable bonds is 68. The van der Waals surface area contributed by atoms with Gasteiger partial charge in [0.15, 0.2) is 35.8 Å². The molecular weight excluding hydrogens is 1850 g/mol. The van der Waals surface area contributed by atoms with Gasteiger partial charge in [0.25, 0.3) is 0 Å². The van der Waals surface area contributed by atoms with Gasteiger partial charge in [-0.3, -0.25) is 114 Å². The number of guanidine groups is 6. The molecule has 0 unspecified atom stereocenters. The Morgan fingerprint density at radius 3 is 1.08 bits per heavy atom. The zero-order valence-electron chi connectivity index (χ0n) is 80.5. The van der Waals surface area contributed by atoms with Crippen molar-refractivity contribution in [2.45, 2.75) is 273 Å². The number of hydrogen-bond donors (Lipinski definition) is 38. The largest absolute Gasteiger partial charge is 0.480 e. The molecule has 47 N–H and O–H groups in total. The molecule has 58 heteroatoms. The van der Waals surface area contributed by atoms with Crippen molar-refractivity contribution in [3.8, 4) is 0 Å². The second-order valence-electron chi connectivity index (χ2n) is 34.6. The van der Waals surface area contributed by atoms with Gasteiger partial charge >= 0.3 is 5.97 Å². The number of carbonyl (C=O) groups excluding carboxylic acids is 16. The summed E-state index contributed by atoms with van der Waals surface area (Å²) in [6.45, 7) is 8.64. The average Bonchev–Trinajstić information content (AvgIpc) is 1.64. The molecule has 0 aliphatic carbocycles. The molecule has 2 aromatic heterocycles. The molecule has 0 radical (unpaired) electrons. The summed E-state index contributed by atoms with van der Waals surface area (Å²) in [6.07, 6.45) is 3.74. The number of aromatic amines is 2. The Balaban J connectivity index is 2.02. The van der Waals surface area contributed by atoms with E-state index in [1.807, 2.05) is 0 Å². The smallest absolute Gasteiger partial charge is 0.325 e. The van der Waals surface area contributed by atoms with Crippen LogP contribution in [0.25, 0.3) is 0 Å². The Kier molecular flexibility index (Phi) is 54.7. The van der Waals surface area contributed by atoms with Crippen molar-refractivity contribution in [2.75, 3.05) is 58.9 Å². The lowest BCUT2D eigenvalue weighted by Crippen LogP contribution is -2.60. The highest BCUT2D eigenvalue weighted by atomic mass is 16.4. The Morgan fingerprint density at radius 1 is 0.390 bits per heavy atom. The van der Waals surface area contributed by atoms with Crippen LogP contribution in [0, 0.1) is 44.3 Å². The van der Waals surface area contributed by atoms with E-state index in [0.717, 1.165) is 0 Å². The molecule has 0 saturated carbocycles. The lowest BCUT2D eigenvalue weighted by Gasteiger charge is -2.31. The van der Waals surface area contributed by atoms with E-state index in [4.69, 9.17) is 84.1 Å². The van der Waals surface area contributed by atoms with Gasteiger partial charge < -0.3 is 178 Å². The van der Waals surface area contributed by atoms with Crippen molar-refractivity contribution < 1.29 is 86.6 Å². The fourth-order valence-corrected chi connectivity index (χ4v) is 14.3. The maximum atomic E-state index is 15.2. The second-order valence-corrected chi connectivity index (χ2v) is 34.6. The van der Waals surface area contributed by atoms with Crippen LogP contribution in [-0.4, -0.2) is 316 Å². The molecule has 788 valence electrons. The molecule has 15 atom stereocenters. The number of carbonyl (C=O) groups is 17. The van der Waals surface area contributed by atoms with E-state index in [1.165, 1.54) is 43.8 Å². The van der Waals surface area contributed by atoms with Crippen LogP contribution >= 0.6 is 0 Å². The molecule has 16 amide bonds. The molecule has 1 aliphatic rings. The molecule has 1 aliphatic heterocycles. The number of carboxylic acids is 1. The van der Waals surface area contributed by atoms with E-state index < -0.39 is 240 Å². The minimum absolute atomic E-state index is 0.00546. The number of nitrogens with zero attached hydrogens (tertiary/aromatic N) is 3. The van der Waals surface area contributed by atoms with Crippen LogP contribution in [0.1, 0.15) is 181 Å².